The number of aromatic nitrogens is 3. The van der Waals surface area contributed by atoms with Gasteiger partial charge in [0.05, 0.1) is 11.9 Å². The minimum Gasteiger partial charge on any atom is -0.481 e. The van der Waals surface area contributed by atoms with Crippen molar-refractivity contribution in [2.75, 3.05) is 0 Å². The Bertz CT molecular complexity index is 555. The predicted octanol–water partition coefficient (Wildman–Crippen LogP) is 1.47. The van der Waals surface area contributed by atoms with Crippen molar-refractivity contribution in [1.29, 1.82) is 0 Å². The van der Waals surface area contributed by atoms with Gasteiger partial charge in [0.25, 0.3) is 0 Å². The van der Waals surface area contributed by atoms with E-state index in [0.29, 0.717) is 5.69 Å². The van der Waals surface area contributed by atoms with E-state index in [1.54, 1.807) is 0 Å². The molecule has 5 nitrogen and oxygen atoms in total. The summed E-state index contributed by atoms with van der Waals surface area (Å²) < 4.78 is 0. The molecule has 2 rings (SSSR count). The van der Waals surface area contributed by atoms with Crippen molar-refractivity contribution in [3.8, 4) is 11.3 Å². The number of carbonyl (C=O) groups is 1. The minimum atomic E-state index is -0.965. The van der Waals surface area contributed by atoms with Crippen LogP contribution < -0.4 is 0 Å². The third-order valence-electron chi connectivity index (χ3n) is 2.23. The monoisotopic (exact) mass is 229 g/mol. The van der Waals surface area contributed by atoms with Crippen molar-refractivity contribution < 1.29 is 9.90 Å². The van der Waals surface area contributed by atoms with E-state index in [4.69, 9.17) is 5.11 Å². The van der Waals surface area contributed by atoms with E-state index < -0.39 is 5.97 Å². The van der Waals surface area contributed by atoms with E-state index in [1.807, 2.05) is 31.2 Å². The van der Waals surface area contributed by atoms with Crippen LogP contribution in [0.1, 0.15) is 11.4 Å². The summed E-state index contributed by atoms with van der Waals surface area (Å²) in [6.07, 6.45) is 1.31. The Morgan fingerprint density at radius 1 is 1.41 bits per heavy atom. The summed E-state index contributed by atoms with van der Waals surface area (Å²) in [7, 11) is 0. The highest BCUT2D eigenvalue weighted by atomic mass is 16.4. The van der Waals surface area contributed by atoms with Crippen LogP contribution in [0.4, 0.5) is 0 Å². The van der Waals surface area contributed by atoms with Crippen LogP contribution in [-0.4, -0.2) is 26.3 Å². The number of aliphatic carboxylic acids is 1. The molecule has 86 valence electrons. The normalized spacial score (nSPS) is 10.2. The van der Waals surface area contributed by atoms with Gasteiger partial charge < -0.3 is 5.11 Å². The van der Waals surface area contributed by atoms with Gasteiger partial charge in [-0.05, 0) is 13.0 Å². The standard InChI is InChI=1S/C12H11N3O2/c1-8-3-2-4-9(5-8)10-7-13-15-11(14-10)6-12(16)17/h2-5,7H,6H2,1H3,(H,16,17). The molecule has 0 saturated heterocycles. The van der Waals surface area contributed by atoms with Gasteiger partial charge >= 0.3 is 5.97 Å². The lowest BCUT2D eigenvalue weighted by molar-refractivity contribution is -0.136. The van der Waals surface area contributed by atoms with Crippen molar-refractivity contribution in [2.24, 2.45) is 0 Å². The first-order valence-electron chi connectivity index (χ1n) is 5.12. The molecule has 0 unspecified atom stereocenters. The molecule has 0 amide bonds. The maximum atomic E-state index is 10.6. The zero-order valence-corrected chi connectivity index (χ0v) is 9.29. The summed E-state index contributed by atoms with van der Waals surface area (Å²) in [6.45, 7) is 1.98. The molecular weight excluding hydrogens is 218 g/mol. The molecule has 0 aliphatic carbocycles. The van der Waals surface area contributed by atoms with E-state index in [1.165, 1.54) is 6.20 Å². The molecule has 0 aliphatic rings. The number of benzene rings is 1. The van der Waals surface area contributed by atoms with Crippen LogP contribution in [0.15, 0.2) is 30.5 Å². The molecule has 1 N–H and O–H groups in total. The van der Waals surface area contributed by atoms with E-state index in [2.05, 4.69) is 15.2 Å². The van der Waals surface area contributed by atoms with Crippen molar-refractivity contribution in [3.63, 3.8) is 0 Å². The number of carboxylic acid groups (broad SMARTS) is 1. The van der Waals surface area contributed by atoms with E-state index in [9.17, 15) is 4.79 Å². The van der Waals surface area contributed by atoms with Gasteiger partial charge in [-0.25, -0.2) is 4.98 Å². The molecular formula is C12H11N3O2. The lowest BCUT2D eigenvalue weighted by atomic mass is 10.1. The van der Waals surface area contributed by atoms with E-state index in [-0.39, 0.29) is 12.2 Å². The molecule has 0 radical (unpaired) electrons. The molecule has 1 heterocycles. The third-order valence-corrected chi connectivity index (χ3v) is 2.23. The molecule has 1 aromatic carbocycles. The molecule has 0 bridgehead atoms. The molecule has 17 heavy (non-hydrogen) atoms. The fourth-order valence-electron chi connectivity index (χ4n) is 1.49. The lowest BCUT2D eigenvalue weighted by Crippen LogP contribution is -2.06. The molecule has 5 heteroatoms. The van der Waals surface area contributed by atoms with Gasteiger partial charge in [-0.15, -0.1) is 5.10 Å². The van der Waals surface area contributed by atoms with Crippen LogP contribution in [0.2, 0.25) is 0 Å². The van der Waals surface area contributed by atoms with Crippen molar-refractivity contribution in [1.82, 2.24) is 15.2 Å². The summed E-state index contributed by atoms with van der Waals surface area (Å²) in [4.78, 5) is 14.7. The Kier molecular flexibility index (Phi) is 3.09. The second kappa shape index (κ2) is 4.69. The fraction of sp³-hybridized carbons (Fsp3) is 0.167. The number of nitrogens with zero attached hydrogens (tertiary/aromatic N) is 3. The topological polar surface area (TPSA) is 76.0 Å². The van der Waals surface area contributed by atoms with Gasteiger partial charge in [-0.1, -0.05) is 23.8 Å². The summed E-state index contributed by atoms with van der Waals surface area (Å²) in [5.41, 5.74) is 2.66. The predicted molar refractivity (Wildman–Crippen MR) is 61.3 cm³/mol. The van der Waals surface area contributed by atoms with Gasteiger partial charge in [-0.3, -0.25) is 4.79 Å². The summed E-state index contributed by atoms with van der Waals surface area (Å²) >= 11 is 0. The van der Waals surface area contributed by atoms with E-state index >= 15 is 0 Å². The van der Waals surface area contributed by atoms with Crippen molar-refractivity contribution in [2.45, 2.75) is 13.3 Å². The minimum absolute atomic E-state index is 0.216. The van der Waals surface area contributed by atoms with Crippen LogP contribution in [0, 0.1) is 6.92 Å². The van der Waals surface area contributed by atoms with Gasteiger partial charge in [0.1, 0.15) is 6.42 Å². The zero-order chi connectivity index (χ0) is 12.3. The molecule has 0 atom stereocenters. The average molecular weight is 229 g/mol. The second-order valence-electron chi connectivity index (χ2n) is 3.70. The number of hydrogen-bond acceptors (Lipinski definition) is 4. The Morgan fingerprint density at radius 3 is 2.94 bits per heavy atom. The molecule has 1 aromatic heterocycles. The van der Waals surface area contributed by atoms with E-state index in [0.717, 1.165) is 11.1 Å². The van der Waals surface area contributed by atoms with Crippen LogP contribution >= 0.6 is 0 Å². The highest BCUT2D eigenvalue weighted by Crippen LogP contribution is 2.16. The number of carboxylic acids is 1. The smallest absolute Gasteiger partial charge is 0.311 e. The number of hydrogen-bond donors (Lipinski definition) is 1. The van der Waals surface area contributed by atoms with Gasteiger partial charge in [0.2, 0.25) is 0 Å². The average Bonchev–Trinajstić information content (AvgIpc) is 2.28. The molecule has 0 saturated carbocycles. The Labute approximate surface area is 98.2 Å². The number of aryl methyl sites for hydroxylation is 1. The first-order chi connectivity index (χ1) is 8.15. The number of rotatable bonds is 3. The van der Waals surface area contributed by atoms with Gasteiger partial charge in [0, 0.05) is 5.56 Å². The van der Waals surface area contributed by atoms with Crippen LogP contribution in [0.3, 0.4) is 0 Å². The summed E-state index contributed by atoms with van der Waals surface area (Å²) in [5.74, 6) is -0.746. The molecule has 0 spiro atoms. The van der Waals surface area contributed by atoms with Crippen LogP contribution in [-0.2, 0) is 11.2 Å². The maximum Gasteiger partial charge on any atom is 0.311 e. The first-order valence-corrected chi connectivity index (χ1v) is 5.12. The van der Waals surface area contributed by atoms with Gasteiger partial charge in [0.15, 0.2) is 5.82 Å². The largest absolute Gasteiger partial charge is 0.481 e. The Hall–Kier alpha value is -2.30. The first kappa shape index (κ1) is 11.2. The SMILES string of the molecule is Cc1cccc(-c2cnnc(CC(=O)O)n2)c1. The van der Waals surface area contributed by atoms with Gasteiger partial charge in [-0.2, -0.15) is 5.10 Å². The quantitative estimate of drug-likeness (QED) is 0.862. The molecule has 0 fully saturated rings. The molecule has 0 aliphatic heterocycles. The zero-order valence-electron chi connectivity index (χ0n) is 9.29. The second-order valence-corrected chi connectivity index (χ2v) is 3.70. The summed E-state index contributed by atoms with van der Waals surface area (Å²) in [6, 6.07) is 7.77. The van der Waals surface area contributed by atoms with Crippen LogP contribution in [0.25, 0.3) is 11.3 Å². The maximum absolute atomic E-state index is 10.6. The lowest BCUT2D eigenvalue weighted by Gasteiger charge is -2.02. The third kappa shape index (κ3) is 2.84. The highest BCUT2D eigenvalue weighted by molar-refractivity contribution is 5.69. The fourth-order valence-corrected chi connectivity index (χ4v) is 1.49. The highest BCUT2D eigenvalue weighted by Gasteiger charge is 2.07. The summed E-state index contributed by atoms with van der Waals surface area (Å²) in [5, 5.41) is 16.1. The Morgan fingerprint density at radius 2 is 2.24 bits per heavy atom. The Balaban J connectivity index is 2.36. The van der Waals surface area contributed by atoms with Crippen LogP contribution in [0.5, 0.6) is 0 Å². The molecule has 2 aromatic rings. The van der Waals surface area contributed by atoms with Crippen molar-refractivity contribution in [3.05, 3.63) is 41.9 Å². The van der Waals surface area contributed by atoms with Crippen molar-refractivity contribution >= 4 is 5.97 Å².